The Morgan fingerprint density at radius 3 is 2.97 bits per heavy atom. The lowest BCUT2D eigenvalue weighted by atomic mass is 9.79. The van der Waals surface area contributed by atoms with Crippen LogP contribution in [0.3, 0.4) is 0 Å². The largest absolute Gasteiger partial charge is 0.490 e. The van der Waals surface area contributed by atoms with E-state index in [1.165, 1.54) is 12.1 Å². The number of rotatable bonds is 1. The van der Waals surface area contributed by atoms with Crippen LogP contribution in [-0.2, 0) is 6.54 Å². The van der Waals surface area contributed by atoms with E-state index in [2.05, 4.69) is 20.5 Å². The highest BCUT2D eigenvalue weighted by Crippen LogP contribution is 2.23. The van der Waals surface area contributed by atoms with Gasteiger partial charge in [0, 0.05) is 6.54 Å². The minimum Gasteiger partial charge on any atom is -0.490 e. The third kappa shape index (κ3) is 4.13. The summed E-state index contributed by atoms with van der Waals surface area (Å²) < 4.78 is 7.91. The van der Waals surface area contributed by atoms with E-state index in [0.29, 0.717) is 29.6 Å². The minimum absolute atomic E-state index is 0.148. The summed E-state index contributed by atoms with van der Waals surface area (Å²) in [5.74, 6) is 0.876. The van der Waals surface area contributed by atoms with Gasteiger partial charge in [0.1, 0.15) is 23.6 Å². The molecule has 1 unspecified atom stereocenters. The molecule has 0 saturated heterocycles. The number of nitrogens with zero attached hydrogens (tertiary/aromatic N) is 4. The fraction of sp³-hybridized carbons (Fsp3) is 0.263. The van der Waals surface area contributed by atoms with E-state index in [9.17, 15) is 14.8 Å². The minimum atomic E-state index is -1.69. The number of anilines is 1. The fourth-order valence-corrected chi connectivity index (χ4v) is 3.24. The van der Waals surface area contributed by atoms with Crippen LogP contribution in [0.2, 0.25) is 0 Å². The van der Waals surface area contributed by atoms with E-state index in [4.69, 9.17) is 4.74 Å². The second-order valence-corrected chi connectivity index (χ2v) is 6.91. The normalized spacial score (nSPS) is 16.7. The molecular formula is C19H20BN5O4. The summed E-state index contributed by atoms with van der Waals surface area (Å²) in [5.41, 5.74) is 1.00. The number of carbonyl (C=O) groups is 1. The molecule has 1 aliphatic rings. The molecular weight excluding hydrogens is 373 g/mol. The summed E-state index contributed by atoms with van der Waals surface area (Å²) in [6.07, 6.45) is 3.08. The van der Waals surface area contributed by atoms with Gasteiger partial charge in [-0.25, -0.2) is 4.98 Å². The molecule has 0 saturated carbocycles. The molecule has 1 aliphatic heterocycles. The second-order valence-electron chi connectivity index (χ2n) is 6.91. The molecule has 0 aliphatic carbocycles. The molecule has 148 valence electrons. The van der Waals surface area contributed by atoms with Crippen LogP contribution in [0.5, 0.6) is 5.75 Å². The van der Waals surface area contributed by atoms with Gasteiger partial charge in [0.05, 0.1) is 11.7 Å². The molecule has 3 aromatic rings. The molecule has 1 atom stereocenters. The maximum Gasteiger partial charge on any atom is 0.488 e. The Hall–Kier alpha value is -3.24. The van der Waals surface area contributed by atoms with Gasteiger partial charge < -0.3 is 24.7 Å². The van der Waals surface area contributed by atoms with Gasteiger partial charge in [0.2, 0.25) is 0 Å². The lowest BCUT2D eigenvalue weighted by Gasteiger charge is -2.19. The van der Waals surface area contributed by atoms with Gasteiger partial charge in [-0.15, -0.1) is 10.2 Å². The molecule has 0 fully saturated rings. The van der Waals surface area contributed by atoms with Crippen LogP contribution < -0.4 is 15.5 Å². The van der Waals surface area contributed by atoms with Gasteiger partial charge in [0.15, 0.2) is 5.82 Å². The average Bonchev–Trinajstić information content (AvgIpc) is 3.16. The molecule has 0 spiro atoms. The van der Waals surface area contributed by atoms with Crippen molar-refractivity contribution in [3.8, 4) is 17.3 Å². The number of benzene rings is 1. The van der Waals surface area contributed by atoms with Gasteiger partial charge in [-0.3, -0.25) is 4.79 Å². The molecule has 0 radical (unpaired) electrons. The summed E-state index contributed by atoms with van der Waals surface area (Å²) in [6, 6.07) is 9.76. The molecule has 9 nitrogen and oxygen atoms in total. The average molecular weight is 393 g/mol. The smallest absolute Gasteiger partial charge is 0.488 e. The Kier molecular flexibility index (Phi) is 5.28. The molecule has 3 N–H and O–H groups in total. The van der Waals surface area contributed by atoms with Crippen LogP contribution in [0.15, 0.2) is 42.7 Å². The number of aryl methyl sites for hydroxylation is 1. The van der Waals surface area contributed by atoms with E-state index in [-0.39, 0.29) is 17.1 Å². The summed E-state index contributed by atoms with van der Waals surface area (Å²) in [6.45, 7) is 2.64. The van der Waals surface area contributed by atoms with Crippen LogP contribution in [0.1, 0.15) is 30.1 Å². The summed E-state index contributed by atoms with van der Waals surface area (Å²) in [4.78, 5) is 17.4. The fourth-order valence-electron chi connectivity index (χ4n) is 3.24. The van der Waals surface area contributed by atoms with Crippen LogP contribution in [0, 0.1) is 0 Å². The summed E-state index contributed by atoms with van der Waals surface area (Å²) in [5, 5.41) is 29.8. The van der Waals surface area contributed by atoms with Crippen molar-refractivity contribution >= 4 is 24.3 Å². The van der Waals surface area contributed by atoms with Crippen LogP contribution in [0.25, 0.3) is 11.5 Å². The number of carbonyl (C=O) groups excluding carboxylic acids is 1. The highest BCUT2D eigenvalue weighted by molar-refractivity contribution is 6.58. The Morgan fingerprint density at radius 1 is 1.28 bits per heavy atom. The van der Waals surface area contributed by atoms with Crippen molar-refractivity contribution in [1.82, 2.24) is 19.7 Å². The zero-order chi connectivity index (χ0) is 20.4. The third-order valence-electron chi connectivity index (χ3n) is 4.72. The standard InChI is InChI=1S/C19H20BN5O4/c1-12-4-3-9-25-11-21-24-18(25)15-5-2-6-17(22-15)23-19(26)14-10-13(20(27)28)7-8-16(14)29-12/h2,5-8,10-12,27-28H,3-4,9H2,1H3,(H,22,23,26). The maximum atomic E-state index is 12.9. The molecule has 2 aromatic heterocycles. The van der Waals surface area contributed by atoms with Gasteiger partial charge >= 0.3 is 7.12 Å². The molecule has 4 rings (SSSR count). The Morgan fingerprint density at radius 2 is 2.14 bits per heavy atom. The summed E-state index contributed by atoms with van der Waals surface area (Å²) >= 11 is 0. The second kappa shape index (κ2) is 8.02. The highest BCUT2D eigenvalue weighted by atomic mass is 16.5. The zero-order valence-corrected chi connectivity index (χ0v) is 15.8. The number of ether oxygens (including phenoxy) is 1. The molecule has 10 heteroatoms. The van der Waals surface area contributed by atoms with E-state index in [0.717, 1.165) is 12.8 Å². The number of nitrogens with one attached hydrogen (secondary N) is 1. The SMILES string of the molecule is CC1CCCn2cnnc2-c2cccc(n2)NC(=O)c2cc(B(O)O)ccc2O1. The zero-order valence-electron chi connectivity index (χ0n) is 15.8. The highest BCUT2D eigenvalue weighted by Gasteiger charge is 2.21. The molecule has 1 aromatic carbocycles. The number of fused-ring (bicyclic) bond motifs is 5. The molecule has 1 amide bonds. The van der Waals surface area contributed by atoms with Crippen LogP contribution in [-0.4, -0.2) is 48.9 Å². The topological polar surface area (TPSA) is 122 Å². The Bertz CT molecular complexity index is 1040. The van der Waals surface area contributed by atoms with Crippen LogP contribution in [0.4, 0.5) is 5.82 Å². The first-order chi connectivity index (χ1) is 14.0. The number of amides is 1. The monoisotopic (exact) mass is 393 g/mol. The van der Waals surface area contributed by atoms with E-state index < -0.39 is 13.0 Å². The molecule has 2 bridgehead atoms. The lowest BCUT2D eigenvalue weighted by Crippen LogP contribution is -2.31. The van der Waals surface area contributed by atoms with E-state index in [1.807, 2.05) is 17.6 Å². The third-order valence-corrected chi connectivity index (χ3v) is 4.72. The Balaban J connectivity index is 1.76. The number of hydrogen-bond acceptors (Lipinski definition) is 7. The van der Waals surface area contributed by atoms with Crippen molar-refractivity contribution in [2.24, 2.45) is 0 Å². The van der Waals surface area contributed by atoms with Crippen molar-refractivity contribution in [1.29, 1.82) is 0 Å². The predicted octanol–water partition coefficient (Wildman–Crippen LogP) is 0.833. The lowest BCUT2D eigenvalue weighted by molar-refractivity contribution is 0.101. The molecule has 3 heterocycles. The van der Waals surface area contributed by atoms with E-state index in [1.54, 1.807) is 24.5 Å². The van der Waals surface area contributed by atoms with Gasteiger partial charge in [-0.05, 0) is 49.5 Å². The van der Waals surface area contributed by atoms with Crippen molar-refractivity contribution in [2.45, 2.75) is 32.4 Å². The van der Waals surface area contributed by atoms with Crippen molar-refractivity contribution < 1.29 is 19.6 Å². The van der Waals surface area contributed by atoms with E-state index >= 15 is 0 Å². The maximum absolute atomic E-state index is 12.9. The first-order valence-corrected chi connectivity index (χ1v) is 9.34. The number of aromatic nitrogens is 4. The van der Waals surface area contributed by atoms with Gasteiger partial charge in [-0.2, -0.15) is 0 Å². The van der Waals surface area contributed by atoms with Crippen molar-refractivity contribution in [3.05, 3.63) is 48.3 Å². The van der Waals surface area contributed by atoms with Crippen molar-refractivity contribution in [2.75, 3.05) is 5.32 Å². The van der Waals surface area contributed by atoms with Crippen LogP contribution >= 0.6 is 0 Å². The summed E-state index contributed by atoms with van der Waals surface area (Å²) in [7, 11) is -1.69. The Labute approximate surface area is 167 Å². The number of pyridine rings is 1. The first kappa shape index (κ1) is 19.1. The first-order valence-electron chi connectivity index (χ1n) is 9.34. The number of hydrogen-bond donors (Lipinski definition) is 3. The quantitative estimate of drug-likeness (QED) is 0.524. The van der Waals surface area contributed by atoms with Crippen molar-refractivity contribution in [3.63, 3.8) is 0 Å². The van der Waals surface area contributed by atoms with Gasteiger partial charge in [0.25, 0.3) is 5.91 Å². The molecule has 29 heavy (non-hydrogen) atoms. The predicted molar refractivity (Wildman–Crippen MR) is 107 cm³/mol. The van der Waals surface area contributed by atoms with Gasteiger partial charge in [-0.1, -0.05) is 12.1 Å².